The van der Waals surface area contributed by atoms with Gasteiger partial charge in [-0.25, -0.2) is 10.2 Å². The highest BCUT2D eigenvalue weighted by molar-refractivity contribution is 6.30. The highest BCUT2D eigenvalue weighted by Gasteiger charge is 2.21. The molecule has 2 aromatic rings. The van der Waals surface area contributed by atoms with Crippen LogP contribution in [0.2, 0.25) is 5.02 Å². The third kappa shape index (κ3) is 3.40. The van der Waals surface area contributed by atoms with Crippen LogP contribution in [-0.4, -0.2) is 16.7 Å². The first-order valence-electron chi connectivity index (χ1n) is 7.62. The number of carbonyl (C=O) groups excluding carboxylic acids is 1. The minimum Gasteiger partial charge on any atom is -0.362 e. The number of amides is 2. The number of benzene rings is 1. The molecular weight excluding hydrogens is 312 g/mol. The van der Waals surface area contributed by atoms with Gasteiger partial charge >= 0.3 is 6.03 Å². The molecule has 0 saturated heterocycles. The van der Waals surface area contributed by atoms with Crippen molar-refractivity contribution < 1.29 is 4.79 Å². The monoisotopic (exact) mass is 330 g/mol. The first-order valence-corrected chi connectivity index (χ1v) is 8.00. The Hall–Kier alpha value is -2.27. The molecule has 120 valence electrons. The van der Waals surface area contributed by atoms with Crippen LogP contribution >= 0.6 is 11.6 Å². The van der Waals surface area contributed by atoms with Gasteiger partial charge in [-0.15, -0.1) is 0 Å². The quantitative estimate of drug-likeness (QED) is 0.711. The molecule has 1 heterocycles. The molecule has 3 rings (SSSR count). The highest BCUT2D eigenvalue weighted by atomic mass is 35.5. The summed E-state index contributed by atoms with van der Waals surface area (Å²) in [7, 11) is 0. The lowest BCUT2D eigenvalue weighted by Gasteiger charge is -2.15. The third-order valence-corrected chi connectivity index (χ3v) is 4.35. The van der Waals surface area contributed by atoms with E-state index in [2.05, 4.69) is 34.7 Å². The Balaban J connectivity index is 1.71. The standard InChI is InChI=1S/C17H19ClN4O/c1-10-11(2)19-14-4-3-5-15(16(10)14)21-22-17(23)20-13-8-6-12(18)7-9-13/h6-9,19H,3-5H2,1-2H3,(H2,20,22,23)/b21-15+. The van der Waals surface area contributed by atoms with Crippen LogP contribution in [0.1, 0.15) is 35.4 Å². The summed E-state index contributed by atoms with van der Waals surface area (Å²) in [5, 5.41) is 7.68. The molecule has 0 bridgehead atoms. The van der Waals surface area contributed by atoms with Gasteiger partial charge in [0.25, 0.3) is 0 Å². The van der Waals surface area contributed by atoms with Crippen LogP contribution in [-0.2, 0) is 6.42 Å². The summed E-state index contributed by atoms with van der Waals surface area (Å²) >= 11 is 5.82. The lowest BCUT2D eigenvalue weighted by molar-refractivity contribution is 0.252. The molecule has 23 heavy (non-hydrogen) atoms. The number of nitrogens with zero attached hydrogens (tertiary/aromatic N) is 1. The number of urea groups is 1. The van der Waals surface area contributed by atoms with Gasteiger partial charge in [0.2, 0.25) is 0 Å². The highest BCUT2D eigenvalue weighted by Crippen LogP contribution is 2.26. The molecule has 6 heteroatoms. The van der Waals surface area contributed by atoms with Crippen LogP contribution in [0.25, 0.3) is 0 Å². The molecule has 5 nitrogen and oxygen atoms in total. The summed E-state index contributed by atoms with van der Waals surface area (Å²) in [5.41, 5.74) is 8.92. The predicted octanol–water partition coefficient (Wildman–Crippen LogP) is 4.15. The number of halogens is 1. The van der Waals surface area contributed by atoms with Gasteiger partial charge in [0.15, 0.2) is 0 Å². The summed E-state index contributed by atoms with van der Waals surface area (Å²) in [6.07, 6.45) is 2.93. The number of H-pyrrole nitrogens is 1. The molecule has 0 radical (unpaired) electrons. The molecule has 0 aliphatic heterocycles. The normalized spacial score (nSPS) is 15.3. The fraction of sp³-hybridized carbons (Fsp3) is 0.294. The smallest absolute Gasteiger partial charge is 0.339 e. The number of aromatic nitrogens is 1. The van der Waals surface area contributed by atoms with E-state index in [1.807, 2.05) is 0 Å². The molecule has 0 saturated carbocycles. The van der Waals surface area contributed by atoms with Crippen molar-refractivity contribution in [3.05, 3.63) is 51.8 Å². The fourth-order valence-corrected chi connectivity index (χ4v) is 2.98. The van der Waals surface area contributed by atoms with Crippen molar-refractivity contribution in [2.24, 2.45) is 5.10 Å². The number of fused-ring (bicyclic) bond motifs is 1. The van der Waals surface area contributed by atoms with Crippen LogP contribution in [0.15, 0.2) is 29.4 Å². The molecule has 0 fully saturated rings. The van der Waals surface area contributed by atoms with Gasteiger partial charge in [-0.2, -0.15) is 5.10 Å². The zero-order valence-electron chi connectivity index (χ0n) is 13.2. The van der Waals surface area contributed by atoms with Crippen LogP contribution in [0.4, 0.5) is 10.5 Å². The van der Waals surface area contributed by atoms with Gasteiger partial charge < -0.3 is 10.3 Å². The number of carbonyl (C=O) groups is 1. The first-order chi connectivity index (χ1) is 11.0. The second-order valence-corrected chi connectivity index (χ2v) is 6.15. The summed E-state index contributed by atoms with van der Waals surface area (Å²) in [6.45, 7) is 4.14. The maximum atomic E-state index is 12.0. The predicted molar refractivity (Wildman–Crippen MR) is 93.3 cm³/mol. The number of hydrazone groups is 1. The van der Waals surface area contributed by atoms with Gasteiger partial charge in [-0.1, -0.05) is 11.6 Å². The zero-order valence-corrected chi connectivity index (χ0v) is 13.9. The number of anilines is 1. The SMILES string of the molecule is Cc1[nH]c2c(c1C)/C(=N/NC(=O)Nc1ccc(Cl)cc1)CCC2. The van der Waals surface area contributed by atoms with E-state index in [0.717, 1.165) is 36.2 Å². The molecule has 0 spiro atoms. The van der Waals surface area contributed by atoms with Gasteiger partial charge in [0.1, 0.15) is 0 Å². The summed E-state index contributed by atoms with van der Waals surface area (Å²) < 4.78 is 0. The van der Waals surface area contributed by atoms with Gasteiger partial charge in [0.05, 0.1) is 5.71 Å². The van der Waals surface area contributed by atoms with Crippen molar-refractivity contribution in [3.63, 3.8) is 0 Å². The Morgan fingerprint density at radius 1 is 1.22 bits per heavy atom. The molecule has 0 unspecified atom stereocenters. The largest absolute Gasteiger partial charge is 0.362 e. The van der Waals surface area contributed by atoms with E-state index >= 15 is 0 Å². The molecule has 0 atom stereocenters. The van der Waals surface area contributed by atoms with Gasteiger partial charge in [-0.3, -0.25) is 0 Å². The first kappa shape index (κ1) is 15.6. The second kappa shape index (κ2) is 6.46. The van der Waals surface area contributed by atoms with E-state index < -0.39 is 0 Å². The maximum absolute atomic E-state index is 12.0. The summed E-state index contributed by atoms with van der Waals surface area (Å²) in [6, 6.07) is 6.57. The van der Waals surface area contributed by atoms with Crippen molar-refractivity contribution in [1.82, 2.24) is 10.4 Å². The number of rotatable bonds is 2. The molecule has 1 aliphatic carbocycles. The zero-order chi connectivity index (χ0) is 16.4. The Morgan fingerprint density at radius 2 is 1.96 bits per heavy atom. The summed E-state index contributed by atoms with van der Waals surface area (Å²) in [4.78, 5) is 15.4. The third-order valence-electron chi connectivity index (χ3n) is 4.10. The Morgan fingerprint density at radius 3 is 2.70 bits per heavy atom. The van der Waals surface area contributed by atoms with Crippen molar-refractivity contribution in [2.45, 2.75) is 33.1 Å². The molecule has 2 amide bonds. The number of hydrogen-bond acceptors (Lipinski definition) is 2. The molecule has 1 aromatic heterocycles. The Labute approximate surface area is 140 Å². The van der Waals surface area contributed by atoms with E-state index in [0.29, 0.717) is 10.7 Å². The Kier molecular flexibility index (Phi) is 4.39. The van der Waals surface area contributed by atoms with Crippen LogP contribution in [0, 0.1) is 13.8 Å². The fourth-order valence-electron chi connectivity index (χ4n) is 2.85. The Bertz CT molecular complexity index is 762. The van der Waals surface area contributed by atoms with Crippen LogP contribution in [0.5, 0.6) is 0 Å². The van der Waals surface area contributed by atoms with Crippen molar-refractivity contribution in [3.8, 4) is 0 Å². The van der Waals surface area contributed by atoms with E-state index in [-0.39, 0.29) is 6.03 Å². The minimum atomic E-state index is -0.364. The van der Waals surface area contributed by atoms with E-state index in [9.17, 15) is 4.79 Å². The molecular formula is C17H19ClN4O. The number of hydrogen-bond donors (Lipinski definition) is 3. The minimum absolute atomic E-state index is 0.364. The average molecular weight is 331 g/mol. The van der Waals surface area contributed by atoms with E-state index in [1.54, 1.807) is 24.3 Å². The van der Waals surface area contributed by atoms with Crippen molar-refractivity contribution in [2.75, 3.05) is 5.32 Å². The number of aromatic amines is 1. The average Bonchev–Trinajstić information content (AvgIpc) is 2.83. The van der Waals surface area contributed by atoms with Crippen molar-refractivity contribution >= 4 is 29.0 Å². The number of nitrogens with one attached hydrogen (secondary N) is 3. The lowest BCUT2D eigenvalue weighted by Crippen LogP contribution is -2.26. The molecule has 1 aromatic carbocycles. The summed E-state index contributed by atoms with van der Waals surface area (Å²) in [5.74, 6) is 0. The van der Waals surface area contributed by atoms with E-state index in [4.69, 9.17) is 11.6 Å². The van der Waals surface area contributed by atoms with Gasteiger partial charge in [0, 0.05) is 27.7 Å². The van der Waals surface area contributed by atoms with E-state index in [1.165, 1.54) is 11.3 Å². The topological polar surface area (TPSA) is 69.3 Å². The molecule has 1 aliphatic rings. The van der Waals surface area contributed by atoms with Crippen molar-refractivity contribution in [1.29, 1.82) is 0 Å². The van der Waals surface area contributed by atoms with Crippen LogP contribution < -0.4 is 10.7 Å². The van der Waals surface area contributed by atoms with Crippen LogP contribution in [0.3, 0.4) is 0 Å². The number of aryl methyl sites for hydroxylation is 2. The second-order valence-electron chi connectivity index (χ2n) is 5.71. The lowest BCUT2D eigenvalue weighted by atomic mass is 9.93. The molecule has 3 N–H and O–H groups in total. The maximum Gasteiger partial charge on any atom is 0.339 e. The van der Waals surface area contributed by atoms with Gasteiger partial charge in [-0.05, 0) is 62.9 Å².